The van der Waals surface area contributed by atoms with Crippen molar-refractivity contribution in [1.29, 1.82) is 0 Å². The number of anilines is 2. The summed E-state index contributed by atoms with van der Waals surface area (Å²) in [6.45, 7) is 5.67. The molecule has 4 aromatic rings. The van der Waals surface area contributed by atoms with Gasteiger partial charge in [-0.2, -0.15) is 21.6 Å². The number of rotatable bonds is 7. The van der Waals surface area contributed by atoms with Crippen molar-refractivity contribution in [3.63, 3.8) is 0 Å². The van der Waals surface area contributed by atoms with Gasteiger partial charge >= 0.3 is 15.5 Å². The Balaban J connectivity index is 1.74. The molecule has 1 aliphatic rings. The second kappa shape index (κ2) is 10.6. The van der Waals surface area contributed by atoms with E-state index >= 15 is 0 Å². The van der Waals surface area contributed by atoms with Gasteiger partial charge in [0.05, 0.1) is 16.3 Å². The molecule has 0 bridgehead atoms. The third-order valence-corrected chi connectivity index (χ3v) is 10.7. The molecular weight excluding hydrogens is 594 g/mol. The smallest absolute Gasteiger partial charge is 0.239 e. The van der Waals surface area contributed by atoms with Crippen molar-refractivity contribution in [3.05, 3.63) is 121 Å². The van der Waals surface area contributed by atoms with Crippen LogP contribution in [0.4, 0.5) is 24.5 Å². The van der Waals surface area contributed by atoms with Gasteiger partial charge < -0.3 is 0 Å². The topological polar surface area (TPSA) is 74.8 Å². The van der Waals surface area contributed by atoms with Crippen LogP contribution in [0.1, 0.15) is 11.1 Å². The van der Waals surface area contributed by atoms with Crippen molar-refractivity contribution < 1.29 is 30.0 Å². The fraction of sp³-hybridized carbons (Fsp3) is 0.103. The van der Waals surface area contributed by atoms with E-state index in [1.54, 1.807) is 55.5 Å². The van der Waals surface area contributed by atoms with Crippen molar-refractivity contribution in [2.24, 2.45) is 0 Å². The molecule has 6 nitrogen and oxygen atoms in total. The van der Waals surface area contributed by atoms with E-state index in [0.717, 1.165) is 10.5 Å². The molecule has 0 aromatic heterocycles. The summed E-state index contributed by atoms with van der Waals surface area (Å²) in [5.74, 6) is 0. The molecule has 41 heavy (non-hydrogen) atoms. The lowest BCUT2D eigenvalue weighted by atomic mass is 10.1. The third kappa shape index (κ3) is 5.22. The lowest BCUT2D eigenvalue weighted by molar-refractivity contribution is -0.0439. The van der Waals surface area contributed by atoms with Crippen LogP contribution in [0, 0.1) is 6.92 Å². The summed E-state index contributed by atoms with van der Waals surface area (Å²) >= 11 is 1.22. The summed E-state index contributed by atoms with van der Waals surface area (Å²) in [4.78, 5) is 1.01. The van der Waals surface area contributed by atoms with Crippen molar-refractivity contribution in [2.45, 2.75) is 33.3 Å². The van der Waals surface area contributed by atoms with Crippen molar-refractivity contribution in [2.75, 3.05) is 8.61 Å². The maximum absolute atomic E-state index is 14.2. The Labute approximate surface area is 240 Å². The second-order valence-electron chi connectivity index (χ2n) is 9.19. The van der Waals surface area contributed by atoms with Gasteiger partial charge in [-0.05, 0) is 61.0 Å². The van der Waals surface area contributed by atoms with E-state index in [4.69, 9.17) is 0 Å². The number of alkyl halides is 3. The summed E-state index contributed by atoms with van der Waals surface area (Å²) in [5, 5.41) is 0. The van der Waals surface area contributed by atoms with Gasteiger partial charge in [0.15, 0.2) is 6.17 Å². The lowest BCUT2D eigenvalue weighted by Crippen LogP contribution is -2.54. The van der Waals surface area contributed by atoms with E-state index in [9.17, 15) is 30.0 Å². The van der Waals surface area contributed by atoms with Crippen molar-refractivity contribution in [3.8, 4) is 0 Å². The summed E-state index contributed by atoms with van der Waals surface area (Å²) < 4.78 is 98.2. The molecule has 0 amide bonds. The van der Waals surface area contributed by atoms with Crippen LogP contribution in [0.5, 0.6) is 0 Å². The van der Waals surface area contributed by atoms with Crippen LogP contribution in [-0.2, 0) is 20.0 Å². The molecule has 0 N–H and O–H groups in total. The number of nitrogens with zero attached hydrogens (tertiary/aromatic N) is 2. The molecule has 0 aliphatic carbocycles. The number of hydrogen-bond acceptors (Lipinski definition) is 5. The van der Waals surface area contributed by atoms with Gasteiger partial charge in [-0.25, -0.2) is 17.0 Å². The number of para-hydroxylation sites is 1. The van der Waals surface area contributed by atoms with Crippen LogP contribution < -0.4 is 8.61 Å². The number of hydrogen-bond donors (Lipinski definition) is 0. The van der Waals surface area contributed by atoms with Gasteiger partial charge in [-0.3, -0.25) is 0 Å². The minimum Gasteiger partial charge on any atom is -0.239 e. The van der Waals surface area contributed by atoms with E-state index in [1.807, 2.05) is 6.07 Å². The van der Waals surface area contributed by atoms with E-state index in [-0.39, 0.29) is 31.7 Å². The molecule has 0 saturated carbocycles. The second-order valence-corrected chi connectivity index (χ2v) is 14.0. The monoisotopic (exact) mass is 616 g/mol. The molecule has 212 valence electrons. The Hall–Kier alpha value is -3.74. The minimum atomic E-state index is -6.11. The highest BCUT2D eigenvalue weighted by atomic mass is 32.2. The molecule has 1 aliphatic heterocycles. The normalized spacial score (nSPS) is 15.6. The average Bonchev–Trinajstić information content (AvgIpc) is 3.21. The lowest BCUT2D eigenvalue weighted by Gasteiger charge is -2.37. The largest absolute Gasteiger partial charge is 0.516 e. The zero-order valence-corrected chi connectivity index (χ0v) is 23.9. The molecular formula is C29H23F3N2O4S3. The van der Waals surface area contributed by atoms with Gasteiger partial charge in [0.25, 0.3) is 10.0 Å². The summed E-state index contributed by atoms with van der Waals surface area (Å²) in [6, 6.07) is 26.5. The highest BCUT2D eigenvalue weighted by Crippen LogP contribution is 2.49. The van der Waals surface area contributed by atoms with Crippen LogP contribution in [0.3, 0.4) is 0 Å². The molecule has 1 atom stereocenters. The van der Waals surface area contributed by atoms with E-state index < -0.39 is 31.7 Å². The first kappa shape index (κ1) is 28.8. The molecule has 0 radical (unpaired) electrons. The van der Waals surface area contributed by atoms with Crippen LogP contribution in [-0.4, -0.2) is 28.5 Å². The quantitative estimate of drug-likeness (QED) is 0.223. The van der Waals surface area contributed by atoms with Crippen LogP contribution in [0.2, 0.25) is 0 Å². The standard InChI is InChI=1S/C29H23F3N2O4S3/c1-20-13-16-25(17-14-20)40(35,36)33(22-9-5-3-6-10-22)28-21(2)26-18-15-24(39-23-11-7-4-8-12-23)19-27(26)34(28)41(37,38)29(30,31)32/h3-19,28H,2H2,1H3/t28-/m1/s1. The van der Waals surface area contributed by atoms with E-state index in [1.165, 1.54) is 60.3 Å². The summed E-state index contributed by atoms with van der Waals surface area (Å²) in [5.41, 5.74) is -5.36. The van der Waals surface area contributed by atoms with Gasteiger partial charge in [0, 0.05) is 15.4 Å². The fourth-order valence-corrected chi connectivity index (χ4v) is 8.13. The first-order valence-corrected chi connectivity index (χ1v) is 15.8. The minimum absolute atomic E-state index is 0.0340. The molecule has 0 spiro atoms. The number of sulfonamides is 2. The van der Waals surface area contributed by atoms with Crippen LogP contribution in [0.25, 0.3) is 5.57 Å². The number of fused-ring (bicyclic) bond motifs is 1. The summed E-state index contributed by atoms with van der Waals surface area (Å²) in [7, 11) is -10.7. The highest BCUT2D eigenvalue weighted by Gasteiger charge is 2.57. The summed E-state index contributed by atoms with van der Waals surface area (Å²) in [6.07, 6.45) is -1.97. The molecule has 1 heterocycles. The van der Waals surface area contributed by atoms with Gasteiger partial charge in [-0.1, -0.05) is 78.5 Å². The third-order valence-electron chi connectivity index (χ3n) is 6.43. The first-order valence-electron chi connectivity index (χ1n) is 12.2. The zero-order chi connectivity index (χ0) is 29.6. The Kier molecular flexibility index (Phi) is 7.43. The molecule has 0 fully saturated rings. The Morgan fingerprint density at radius 3 is 1.98 bits per heavy atom. The average molecular weight is 617 g/mol. The Morgan fingerprint density at radius 1 is 0.805 bits per heavy atom. The van der Waals surface area contributed by atoms with Crippen LogP contribution in [0.15, 0.2) is 124 Å². The predicted octanol–water partition coefficient (Wildman–Crippen LogP) is 7.05. The maximum Gasteiger partial charge on any atom is 0.516 e. The molecule has 5 rings (SSSR count). The number of benzene rings is 4. The SMILES string of the molecule is C=C1c2ccc(Sc3ccccc3)cc2N(S(=O)(=O)C(F)(F)F)[C@H]1N(c1ccccc1)S(=O)(=O)c1ccc(C)cc1. The first-order chi connectivity index (χ1) is 19.3. The zero-order valence-electron chi connectivity index (χ0n) is 21.5. The van der Waals surface area contributed by atoms with Crippen LogP contribution >= 0.6 is 11.8 Å². The van der Waals surface area contributed by atoms with Gasteiger partial charge in [0.2, 0.25) is 0 Å². The fourth-order valence-electron chi connectivity index (χ4n) is 4.49. The Bertz CT molecular complexity index is 1810. The van der Waals surface area contributed by atoms with Crippen molar-refractivity contribution >= 4 is 48.8 Å². The predicted molar refractivity (Wildman–Crippen MR) is 155 cm³/mol. The van der Waals surface area contributed by atoms with E-state index in [0.29, 0.717) is 9.20 Å². The highest BCUT2D eigenvalue weighted by molar-refractivity contribution is 7.99. The molecule has 12 heteroatoms. The van der Waals surface area contributed by atoms with Gasteiger partial charge in [-0.15, -0.1) is 0 Å². The molecule has 4 aromatic carbocycles. The van der Waals surface area contributed by atoms with E-state index in [2.05, 4.69) is 6.58 Å². The number of aryl methyl sites for hydroxylation is 1. The van der Waals surface area contributed by atoms with Gasteiger partial charge in [0.1, 0.15) is 0 Å². The molecule has 0 saturated heterocycles. The molecule has 0 unspecified atom stereocenters. The Morgan fingerprint density at radius 2 is 1.39 bits per heavy atom. The number of halogens is 3. The maximum atomic E-state index is 14.2. The van der Waals surface area contributed by atoms with Crippen molar-refractivity contribution in [1.82, 2.24) is 0 Å².